The van der Waals surface area contributed by atoms with Gasteiger partial charge in [0.1, 0.15) is 0 Å². The second kappa shape index (κ2) is 2.55. The molecular weight excluding hydrogens is 154 g/mol. The summed E-state index contributed by atoms with van der Waals surface area (Å²) in [5, 5.41) is 4.26. The highest BCUT2D eigenvalue weighted by molar-refractivity contribution is 7.08. The Labute approximate surface area is 69.9 Å². The molecule has 11 heavy (non-hydrogen) atoms. The van der Waals surface area contributed by atoms with Gasteiger partial charge < -0.3 is 4.57 Å². The van der Waals surface area contributed by atoms with E-state index < -0.39 is 0 Å². The second-order valence-electron chi connectivity index (χ2n) is 2.58. The Hall–Kier alpha value is -1.02. The van der Waals surface area contributed by atoms with Crippen molar-refractivity contribution in [3.63, 3.8) is 0 Å². The van der Waals surface area contributed by atoms with E-state index in [4.69, 9.17) is 0 Å². The average molecular weight is 163 g/mol. The molecule has 2 rings (SSSR count). The lowest BCUT2D eigenvalue weighted by molar-refractivity contribution is 0.928. The minimum absolute atomic E-state index is 1.30. The van der Waals surface area contributed by atoms with Crippen molar-refractivity contribution in [3.8, 4) is 11.1 Å². The van der Waals surface area contributed by atoms with E-state index >= 15 is 0 Å². The molecule has 0 aromatic carbocycles. The molecule has 2 heterocycles. The van der Waals surface area contributed by atoms with Gasteiger partial charge in [0.2, 0.25) is 0 Å². The molecule has 0 bridgehead atoms. The van der Waals surface area contributed by atoms with E-state index in [1.165, 1.54) is 11.1 Å². The van der Waals surface area contributed by atoms with Crippen LogP contribution in [-0.2, 0) is 7.05 Å². The summed E-state index contributed by atoms with van der Waals surface area (Å²) in [5.41, 5.74) is 2.62. The molecule has 2 heteroatoms. The summed E-state index contributed by atoms with van der Waals surface area (Å²) in [5.74, 6) is 0. The van der Waals surface area contributed by atoms with Crippen LogP contribution in [0.1, 0.15) is 0 Å². The molecule has 0 unspecified atom stereocenters. The zero-order valence-corrected chi connectivity index (χ0v) is 7.14. The Bertz CT molecular complexity index is 332. The van der Waals surface area contributed by atoms with Crippen LogP contribution in [0.4, 0.5) is 0 Å². The van der Waals surface area contributed by atoms with Crippen LogP contribution in [-0.4, -0.2) is 4.57 Å². The van der Waals surface area contributed by atoms with Crippen LogP contribution in [0.15, 0.2) is 35.3 Å². The highest BCUT2D eigenvalue weighted by Crippen LogP contribution is 2.21. The smallest absolute Gasteiger partial charge is 0.0111 e. The fourth-order valence-electron chi connectivity index (χ4n) is 1.10. The zero-order valence-electron chi connectivity index (χ0n) is 6.32. The van der Waals surface area contributed by atoms with E-state index in [-0.39, 0.29) is 0 Å². The minimum Gasteiger partial charge on any atom is -0.357 e. The quantitative estimate of drug-likeness (QED) is 0.609. The number of aryl methyl sites for hydroxylation is 1. The largest absolute Gasteiger partial charge is 0.357 e. The first-order valence-electron chi connectivity index (χ1n) is 3.51. The summed E-state index contributed by atoms with van der Waals surface area (Å²) in [4.78, 5) is 0. The predicted octanol–water partition coefficient (Wildman–Crippen LogP) is 2.75. The van der Waals surface area contributed by atoms with Crippen molar-refractivity contribution in [3.05, 3.63) is 35.3 Å². The number of aromatic nitrogens is 1. The van der Waals surface area contributed by atoms with E-state index in [1.807, 2.05) is 7.05 Å². The van der Waals surface area contributed by atoms with Gasteiger partial charge in [-0.05, 0) is 28.5 Å². The molecule has 2 aromatic rings. The maximum Gasteiger partial charge on any atom is 0.0111 e. The van der Waals surface area contributed by atoms with E-state index in [2.05, 4.69) is 39.9 Å². The van der Waals surface area contributed by atoms with Gasteiger partial charge in [0.05, 0.1) is 0 Å². The average Bonchev–Trinajstić information content (AvgIpc) is 2.55. The molecule has 0 spiro atoms. The summed E-state index contributed by atoms with van der Waals surface area (Å²) >= 11 is 1.73. The van der Waals surface area contributed by atoms with E-state index in [1.54, 1.807) is 11.3 Å². The molecule has 0 aliphatic heterocycles. The number of thiophene rings is 1. The first-order valence-corrected chi connectivity index (χ1v) is 4.45. The number of hydrogen-bond donors (Lipinski definition) is 0. The van der Waals surface area contributed by atoms with Crippen molar-refractivity contribution in [1.82, 2.24) is 4.57 Å². The van der Waals surface area contributed by atoms with Gasteiger partial charge in [0.15, 0.2) is 0 Å². The summed E-state index contributed by atoms with van der Waals surface area (Å²) in [6, 6.07) is 4.27. The fourth-order valence-corrected chi connectivity index (χ4v) is 1.77. The number of hydrogen-bond acceptors (Lipinski definition) is 1. The lowest BCUT2D eigenvalue weighted by Crippen LogP contribution is -1.77. The second-order valence-corrected chi connectivity index (χ2v) is 3.36. The third kappa shape index (κ3) is 1.21. The lowest BCUT2D eigenvalue weighted by Gasteiger charge is -1.88. The highest BCUT2D eigenvalue weighted by atomic mass is 32.1. The Morgan fingerprint density at radius 2 is 2.18 bits per heavy atom. The molecule has 0 N–H and O–H groups in total. The van der Waals surface area contributed by atoms with Gasteiger partial charge in [0.25, 0.3) is 0 Å². The number of rotatable bonds is 1. The topological polar surface area (TPSA) is 4.93 Å². The standard InChI is InChI=1S/C9H9NS/c1-10-4-2-8(6-10)9-3-5-11-7-9/h2-7H,1H3. The van der Waals surface area contributed by atoms with Gasteiger partial charge in [-0.15, -0.1) is 0 Å². The van der Waals surface area contributed by atoms with E-state index in [0.29, 0.717) is 0 Å². The molecule has 0 radical (unpaired) electrons. The third-order valence-electron chi connectivity index (χ3n) is 1.69. The van der Waals surface area contributed by atoms with Gasteiger partial charge in [0, 0.05) is 25.0 Å². The molecule has 0 fully saturated rings. The molecule has 0 aliphatic rings. The molecular formula is C9H9NS. The summed E-state index contributed by atoms with van der Waals surface area (Å²) in [6.07, 6.45) is 4.19. The van der Waals surface area contributed by atoms with Crippen molar-refractivity contribution < 1.29 is 0 Å². The predicted molar refractivity (Wildman–Crippen MR) is 48.7 cm³/mol. The molecule has 0 saturated carbocycles. The summed E-state index contributed by atoms with van der Waals surface area (Å²) in [6.45, 7) is 0. The monoisotopic (exact) mass is 163 g/mol. The highest BCUT2D eigenvalue weighted by Gasteiger charge is 1.97. The first-order chi connectivity index (χ1) is 5.36. The Kier molecular flexibility index (Phi) is 1.55. The maximum atomic E-state index is 2.16. The Morgan fingerprint density at radius 3 is 2.73 bits per heavy atom. The van der Waals surface area contributed by atoms with Crippen LogP contribution in [0, 0.1) is 0 Å². The van der Waals surface area contributed by atoms with Gasteiger partial charge in [-0.3, -0.25) is 0 Å². The van der Waals surface area contributed by atoms with Crippen LogP contribution in [0.3, 0.4) is 0 Å². The first kappa shape index (κ1) is 6.68. The van der Waals surface area contributed by atoms with E-state index in [0.717, 1.165) is 0 Å². The van der Waals surface area contributed by atoms with E-state index in [9.17, 15) is 0 Å². The van der Waals surface area contributed by atoms with Crippen LogP contribution in [0.25, 0.3) is 11.1 Å². The lowest BCUT2D eigenvalue weighted by atomic mass is 10.2. The van der Waals surface area contributed by atoms with Crippen LogP contribution >= 0.6 is 11.3 Å². The summed E-state index contributed by atoms with van der Waals surface area (Å²) < 4.78 is 2.06. The molecule has 0 amide bonds. The third-order valence-corrected chi connectivity index (χ3v) is 2.37. The molecule has 2 aromatic heterocycles. The SMILES string of the molecule is Cn1ccc(-c2ccsc2)c1. The van der Waals surface area contributed by atoms with Crippen LogP contribution < -0.4 is 0 Å². The molecule has 0 saturated heterocycles. The molecule has 1 nitrogen and oxygen atoms in total. The van der Waals surface area contributed by atoms with Gasteiger partial charge in [-0.25, -0.2) is 0 Å². The fraction of sp³-hybridized carbons (Fsp3) is 0.111. The summed E-state index contributed by atoms with van der Waals surface area (Å²) in [7, 11) is 2.04. The van der Waals surface area contributed by atoms with Gasteiger partial charge in [-0.2, -0.15) is 11.3 Å². The van der Waals surface area contributed by atoms with Crippen LogP contribution in [0.2, 0.25) is 0 Å². The van der Waals surface area contributed by atoms with Crippen LogP contribution in [0.5, 0.6) is 0 Å². The van der Waals surface area contributed by atoms with Gasteiger partial charge >= 0.3 is 0 Å². The Balaban J connectivity index is 2.45. The molecule has 56 valence electrons. The minimum atomic E-state index is 1.30. The van der Waals surface area contributed by atoms with Crippen molar-refractivity contribution in [1.29, 1.82) is 0 Å². The van der Waals surface area contributed by atoms with Gasteiger partial charge in [-0.1, -0.05) is 0 Å². The van der Waals surface area contributed by atoms with Crippen molar-refractivity contribution in [2.24, 2.45) is 7.05 Å². The van der Waals surface area contributed by atoms with Crippen molar-refractivity contribution >= 4 is 11.3 Å². The maximum absolute atomic E-state index is 2.16. The molecule has 0 aliphatic carbocycles. The van der Waals surface area contributed by atoms with Crippen molar-refractivity contribution in [2.75, 3.05) is 0 Å². The zero-order chi connectivity index (χ0) is 7.68. The molecule has 0 atom stereocenters. The number of nitrogens with zero attached hydrogens (tertiary/aromatic N) is 1. The normalized spacial score (nSPS) is 10.3. The van der Waals surface area contributed by atoms with Crippen molar-refractivity contribution in [2.45, 2.75) is 0 Å². The Morgan fingerprint density at radius 1 is 1.27 bits per heavy atom.